The molecule has 10 heteroatoms. The van der Waals surface area contributed by atoms with Crippen LogP contribution >= 0.6 is 34.4 Å². The molecule has 0 aromatic carbocycles. The van der Waals surface area contributed by atoms with Crippen molar-refractivity contribution < 1.29 is 14.3 Å². The zero-order chi connectivity index (χ0) is 20.4. The zero-order valence-electron chi connectivity index (χ0n) is 16.1. The molecule has 0 aliphatic heterocycles. The molecule has 0 spiro atoms. The molecule has 3 heterocycles. The molecule has 3 aromatic heterocycles. The molecule has 152 valence electrons. The number of methoxy groups -OCH3 is 1. The Labute approximate surface area is 180 Å². The molecular weight excluding hydrogens is 428 g/mol. The van der Waals surface area contributed by atoms with E-state index >= 15 is 0 Å². The fraction of sp³-hybridized carbons (Fsp3) is 0.368. The van der Waals surface area contributed by atoms with E-state index in [1.807, 2.05) is 23.1 Å². The molecule has 1 aliphatic carbocycles. The number of amides is 1. The highest BCUT2D eigenvalue weighted by molar-refractivity contribution is 7.99. The van der Waals surface area contributed by atoms with E-state index < -0.39 is 0 Å². The van der Waals surface area contributed by atoms with Crippen molar-refractivity contribution in [2.24, 2.45) is 7.05 Å². The SMILES string of the molecule is COC(=O)c1c(NC(=O)CSc2nnc(Cc3cccs3)n2C)sc2c1CCC2. The minimum atomic E-state index is -0.390. The van der Waals surface area contributed by atoms with Gasteiger partial charge in [0.25, 0.3) is 0 Å². The van der Waals surface area contributed by atoms with Gasteiger partial charge in [0.15, 0.2) is 5.16 Å². The number of thiophene rings is 2. The normalized spacial score (nSPS) is 12.8. The molecule has 1 N–H and O–H groups in total. The summed E-state index contributed by atoms with van der Waals surface area (Å²) in [6, 6.07) is 4.08. The van der Waals surface area contributed by atoms with E-state index in [4.69, 9.17) is 4.74 Å². The van der Waals surface area contributed by atoms with Gasteiger partial charge in [-0.2, -0.15) is 0 Å². The minimum absolute atomic E-state index is 0.178. The lowest BCUT2D eigenvalue weighted by atomic mass is 10.1. The quantitative estimate of drug-likeness (QED) is 0.440. The van der Waals surface area contributed by atoms with Gasteiger partial charge in [-0.15, -0.1) is 32.9 Å². The summed E-state index contributed by atoms with van der Waals surface area (Å²) in [5, 5.41) is 14.6. The predicted molar refractivity (Wildman–Crippen MR) is 115 cm³/mol. The smallest absolute Gasteiger partial charge is 0.341 e. The molecule has 7 nitrogen and oxygen atoms in total. The first-order valence-corrected chi connectivity index (χ1v) is 11.8. The van der Waals surface area contributed by atoms with E-state index in [9.17, 15) is 9.59 Å². The Hall–Kier alpha value is -2.17. The van der Waals surface area contributed by atoms with E-state index in [2.05, 4.69) is 21.6 Å². The molecular formula is C19H20N4O3S3. The maximum absolute atomic E-state index is 12.5. The number of nitrogens with zero attached hydrogens (tertiary/aromatic N) is 3. The molecule has 0 unspecified atom stereocenters. The molecule has 3 aromatic rings. The van der Waals surface area contributed by atoms with Crippen molar-refractivity contribution in [2.75, 3.05) is 18.2 Å². The maximum atomic E-state index is 12.5. The summed E-state index contributed by atoms with van der Waals surface area (Å²) >= 11 is 4.49. The Morgan fingerprint density at radius 2 is 2.21 bits per heavy atom. The van der Waals surface area contributed by atoms with Gasteiger partial charge in [-0.25, -0.2) is 4.79 Å². The number of aromatic nitrogens is 3. The molecule has 0 saturated heterocycles. The number of nitrogens with one attached hydrogen (secondary N) is 1. The lowest BCUT2D eigenvalue weighted by molar-refractivity contribution is -0.113. The highest BCUT2D eigenvalue weighted by Gasteiger charge is 2.28. The third kappa shape index (κ3) is 4.24. The molecule has 0 radical (unpaired) electrons. The summed E-state index contributed by atoms with van der Waals surface area (Å²) in [5.74, 6) is 0.480. The van der Waals surface area contributed by atoms with E-state index in [0.717, 1.165) is 37.1 Å². The van der Waals surface area contributed by atoms with Crippen LogP contribution in [0.4, 0.5) is 5.00 Å². The van der Waals surface area contributed by atoms with Crippen LogP contribution < -0.4 is 5.32 Å². The van der Waals surface area contributed by atoms with Crippen LogP contribution in [0.1, 0.15) is 37.9 Å². The standard InChI is InChI=1S/C19H20N4O3S3/c1-23-14(9-11-5-4-8-27-11)21-22-19(23)28-10-15(24)20-17-16(18(25)26-2)12-6-3-7-13(12)29-17/h4-5,8H,3,6-7,9-10H2,1-2H3,(H,20,24). The van der Waals surface area contributed by atoms with Crippen molar-refractivity contribution in [1.82, 2.24) is 14.8 Å². The number of esters is 1. The molecule has 1 aliphatic rings. The molecule has 4 rings (SSSR count). The topological polar surface area (TPSA) is 86.1 Å². The van der Waals surface area contributed by atoms with Crippen LogP contribution in [-0.4, -0.2) is 39.5 Å². The van der Waals surface area contributed by atoms with Gasteiger partial charge < -0.3 is 14.6 Å². The third-order valence-corrected chi connectivity index (χ3v) is 7.84. The van der Waals surface area contributed by atoms with Gasteiger partial charge in [0.1, 0.15) is 10.8 Å². The summed E-state index contributed by atoms with van der Waals surface area (Å²) in [7, 11) is 3.27. The predicted octanol–water partition coefficient (Wildman–Crippen LogP) is 3.54. The Balaban J connectivity index is 1.40. The summed E-state index contributed by atoms with van der Waals surface area (Å²) in [4.78, 5) is 27.1. The van der Waals surface area contributed by atoms with Crippen LogP contribution in [0.2, 0.25) is 0 Å². The fourth-order valence-corrected chi connectivity index (χ4v) is 6.02. The molecule has 29 heavy (non-hydrogen) atoms. The Morgan fingerprint density at radius 1 is 1.34 bits per heavy atom. The first-order valence-electron chi connectivity index (χ1n) is 9.13. The lowest BCUT2D eigenvalue weighted by Crippen LogP contribution is -2.16. The van der Waals surface area contributed by atoms with Crippen molar-refractivity contribution in [3.63, 3.8) is 0 Å². The number of rotatable bonds is 7. The van der Waals surface area contributed by atoms with Crippen molar-refractivity contribution in [3.05, 3.63) is 44.2 Å². The Kier molecular flexibility index (Phi) is 6.02. The fourth-order valence-electron chi connectivity index (χ4n) is 3.30. The summed E-state index contributed by atoms with van der Waals surface area (Å²) < 4.78 is 6.84. The summed E-state index contributed by atoms with van der Waals surface area (Å²) in [5.41, 5.74) is 1.54. The lowest BCUT2D eigenvalue weighted by Gasteiger charge is -2.07. The van der Waals surface area contributed by atoms with Crippen LogP contribution in [0.15, 0.2) is 22.7 Å². The third-order valence-electron chi connectivity index (χ3n) is 4.73. The van der Waals surface area contributed by atoms with Crippen LogP contribution in [0, 0.1) is 0 Å². The number of carbonyl (C=O) groups is 2. The van der Waals surface area contributed by atoms with Crippen molar-refractivity contribution in [3.8, 4) is 0 Å². The van der Waals surface area contributed by atoms with Gasteiger partial charge in [-0.05, 0) is 36.3 Å². The average Bonchev–Trinajstić information content (AvgIpc) is 3.47. The molecule has 0 saturated carbocycles. The van der Waals surface area contributed by atoms with Gasteiger partial charge in [0, 0.05) is 23.2 Å². The second-order valence-electron chi connectivity index (χ2n) is 6.60. The second-order valence-corrected chi connectivity index (χ2v) is 9.68. The first kappa shape index (κ1) is 20.1. The van der Waals surface area contributed by atoms with Crippen LogP contribution in [0.5, 0.6) is 0 Å². The van der Waals surface area contributed by atoms with Gasteiger partial charge in [0.05, 0.1) is 18.4 Å². The maximum Gasteiger partial charge on any atom is 0.341 e. The van der Waals surface area contributed by atoms with E-state index in [1.54, 1.807) is 11.3 Å². The molecule has 0 bridgehead atoms. The molecule has 0 atom stereocenters. The van der Waals surface area contributed by atoms with Gasteiger partial charge in [-0.3, -0.25) is 4.79 Å². The van der Waals surface area contributed by atoms with E-state index in [1.165, 1.54) is 40.0 Å². The first-order chi connectivity index (χ1) is 14.1. The van der Waals surface area contributed by atoms with Crippen LogP contribution in [-0.2, 0) is 35.8 Å². The number of thioether (sulfide) groups is 1. The largest absolute Gasteiger partial charge is 0.465 e. The molecule has 1 amide bonds. The zero-order valence-corrected chi connectivity index (χ0v) is 18.5. The highest BCUT2D eigenvalue weighted by atomic mass is 32.2. The Morgan fingerprint density at radius 3 is 2.97 bits per heavy atom. The van der Waals surface area contributed by atoms with Gasteiger partial charge >= 0.3 is 5.97 Å². The summed E-state index contributed by atoms with van der Waals surface area (Å²) in [6.07, 6.45) is 3.56. The van der Waals surface area contributed by atoms with Gasteiger partial charge in [-0.1, -0.05) is 17.8 Å². The minimum Gasteiger partial charge on any atom is -0.465 e. The van der Waals surface area contributed by atoms with Gasteiger partial charge in [0.2, 0.25) is 5.91 Å². The van der Waals surface area contributed by atoms with Crippen molar-refractivity contribution in [1.29, 1.82) is 0 Å². The monoisotopic (exact) mass is 448 g/mol. The van der Waals surface area contributed by atoms with E-state index in [-0.39, 0.29) is 17.6 Å². The number of fused-ring (bicyclic) bond motifs is 1. The van der Waals surface area contributed by atoms with Crippen molar-refractivity contribution in [2.45, 2.75) is 30.8 Å². The highest BCUT2D eigenvalue weighted by Crippen LogP contribution is 2.39. The number of aryl methyl sites for hydroxylation is 1. The average molecular weight is 449 g/mol. The second kappa shape index (κ2) is 8.68. The van der Waals surface area contributed by atoms with Crippen LogP contribution in [0.25, 0.3) is 0 Å². The van der Waals surface area contributed by atoms with Crippen molar-refractivity contribution >= 4 is 51.3 Å². The van der Waals surface area contributed by atoms with E-state index in [0.29, 0.717) is 15.7 Å². The number of carbonyl (C=O) groups excluding carboxylic acids is 2. The number of anilines is 1. The number of ether oxygens (including phenoxy) is 1. The summed E-state index contributed by atoms with van der Waals surface area (Å²) in [6.45, 7) is 0. The van der Waals surface area contributed by atoms with Crippen LogP contribution in [0.3, 0.4) is 0 Å². The number of hydrogen-bond acceptors (Lipinski definition) is 8. The molecule has 0 fully saturated rings. The Bertz CT molecular complexity index is 1040. The number of hydrogen-bond donors (Lipinski definition) is 1.